The summed E-state index contributed by atoms with van der Waals surface area (Å²) in [5.74, 6) is -0.614. The first-order valence-electron chi connectivity index (χ1n) is 5.55. The fourth-order valence-corrected chi connectivity index (χ4v) is 2.24. The Morgan fingerprint density at radius 1 is 1.21 bits per heavy atom. The normalized spacial score (nSPS) is 11.3. The van der Waals surface area contributed by atoms with Crippen LogP contribution in [0.4, 0.5) is 15.8 Å². The third-order valence-electron chi connectivity index (χ3n) is 2.54. The van der Waals surface area contributed by atoms with Crippen molar-refractivity contribution in [3.63, 3.8) is 0 Å². The number of pyridine rings is 1. The maximum absolute atomic E-state index is 13.8. The first-order chi connectivity index (χ1) is 8.86. The van der Waals surface area contributed by atoms with Gasteiger partial charge in [-0.15, -0.1) is 0 Å². The summed E-state index contributed by atoms with van der Waals surface area (Å²) in [6, 6.07) is 7.25. The van der Waals surface area contributed by atoms with Crippen LogP contribution in [0.1, 0.15) is 5.69 Å². The molecule has 19 heavy (non-hydrogen) atoms. The Morgan fingerprint density at radius 2 is 1.95 bits per heavy atom. The number of nitrogens with one attached hydrogen (secondary N) is 1. The van der Waals surface area contributed by atoms with Gasteiger partial charge >= 0.3 is 0 Å². The number of sulfone groups is 1. The van der Waals surface area contributed by atoms with Crippen molar-refractivity contribution in [1.82, 2.24) is 4.98 Å². The second kappa shape index (κ2) is 4.97. The first-order valence-corrected chi connectivity index (χ1v) is 7.45. The first kappa shape index (κ1) is 13.5. The molecule has 4 nitrogen and oxygen atoms in total. The van der Waals surface area contributed by atoms with Gasteiger partial charge in [-0.3, -0.25) is 4.98 Å². The minimum Gasteiger partial charge on any atom is -0.353 e. The topological polar surface area (TPSA) is 59.1 Å². The Labute approximate surface area is 111 Å². The summed E-state index contributed by atoms with van der Waals surface area (Å²) in [4.78, 5) is 4.00. The maximum atomic E-state index is 13.8. The number of halogens is 1. The third kappa shape index (κ3) is 3.29. The lowest BCUT2D eigenvalue weighted by Gasteiger charge is -2.09. The van der Waals surface area contributed by atoms with Crippen molar-refractivity contribution in [2.24, 2.45) is 0 Å². The SMILES string of the molecule is Cc1cc(Nc2ccc(S(C)(=O)=O)cc2F)ccn1. The van der Waals surface area contributed by atoms with Crippen LogP contribution < -0.4 is 5.32 Å². The molecular formula is C13H13FN2O2S. The van der Waals surface area contributed by atoms with Crippen LogP contribution in [0.5, 0.6) is 0 Å². The molecule has 0 fully saturated rings. The van der Waals surface area contributed by atoms with Gasteiger partial charge < -0.3 is 5.32 Å². The van der Waals surface area contributed by atoms with Gasteiger partial charge in [0.25, 0.3) is 0 Å². The number of aryl methyl sites for hydroxylation is 1. The largest absolute Gasteiger partial charge is 0.353 e. The van der Waals surface area contributed by atoms with Crippen LogP contribution in [-0.2, 0) is 9.84 Å². The molecule has 1 heterocycles. The molecule has 0 amide bonds. The molecule has 0 spiro atoms. The molecule has 0 atom stereocenters. The molecule has 1 aromatic carbocycles. The van der Waals surface area contributed by atoms with E-state index in [1.165, 1.54) is 12.1 Å². The number of hydrogen-bond acceptors (Lipinski definition) is 4. The highest BCUT2D eigenvalue weighted by Crippen LogP contribution is 2.22. The predicted molar refractivity (Wildman–Crippen MR) is 71.8 cm³/mol. The molecule has 0 unspecified atom stereocenters. The van der Waals surface area contributed by atoms with Gasteiger partial charge in [-0.2, -0.15) is 0 Å². The van der Waals surface area contributed by atoms with E-state index in [0.29, 0.717) is 5.69 Å². The number of hydrogen-bond donors (Lipinski definition) is 1. The molecule has 0 saturated heterocycles. The molecule has 2 rings (SSSR count). The second-order valence-electron chi connectivity index (χ2n) is 4.22. The van der Waals surface area contributed by atoms with Gasteiger partial charge in [-0.05, 0) is 37.3 Å². The number of nitrogens with zero attached hydrogens (tertiary/aromatic N) is 1. The second-order valence-corrected chi connectivity index (χ2v) is 6.24. The summed E-state index contributed by atoms with van der Waals surface area (Å²) < 4.78 is 36.4. The highest BCUT2D eigenvalue weighted by atomic mass is 32.2. The van der Waals surface area contributed by atoms with Crippen LogP contribution in [0.2, 0.25) is 0 Å². The molecule has 0 radical (unpaired) electrons. The van der Waals surface area contributed by atoms with E-state index in [2.05, 4.69) is 10.3 Å². The molecule has 0 aliphatic rings. The monoisotopic (exact) mass is 280 g/mol. The minimum atomic E-state index is -3.40. The zero-order valence-corrected chi connectivity index (χ0v) is 11.3. The lowest BCUT2D eigenvalue weighted by molar-refractivity contribution is 0.596. The van der Waals surface area contributed by atoms with E-state index in [1.54, 1.807) is 18.3 Å². The molecule has 1 N–H and O–H groups in total. The quantitative estimate of drug-likeness (QED) is 0.939. The molecule has 0 aliphatic carbocycles. The van der Waals surface area contributed by atoms with Crippen molar-refractivity contribution >= 4 is 21.2 Å². The minimum absolute atomic E-state index is 0.0403. The molecular weight excluding hydrogens is 267 g/mol. The molecule has 0 aliphatic heterocycles. The number of aromatic nitrogens is 1. The molecule has 0 bridgehead atoms. The summed E-state index contributed by atoms with van der Waals surface area (Å²) >= 11 is 0. The summed E-state index contributed by atoms with van der Waals surface area (Å²) in [6.45, 7) is 1.83. The maximum Gasteiger partial charge on any atom is 0.175 e. The summed E-state index contributed by atoms with van der Waals surface area (Å²) in [6.07, 6.45) is 2.65. The Balaban J connectivity index is 2.32. The van der Waals surface area contributed by atoms with Crippen molar-refractivity contribution in [3.05, 3.63) is 48.0 Å². The molecule has 1 aromatic heterocycles. The van der Waals surface area contributed by atoms with Crippen molar-refractivity contribution in [2.45, 2.75) is 11.8 Å². The van der Waals surface area contributed by atoms with E-state index >= 15 is 0 Å². The van der Waals surface area contributed by atoms with E-state index in [0.717, 1.165) is 18.0 Å². The van der Waals surface area contributed by atoms with E-state index < -0.39 is 15.7 Å². The zero-order valence-electron chi connectivity index (χ0n) is 10.5. The van der Waals surface area contributed by atoms with Crippen LogP contribution in [-0.4, -0.2) is 19.7 Å². The van der Waals surface area contributed by atoms with Crippen molar-refractivity contribution < 1.29 is 12.8 Å². The van der Waals surface area contributed by atoms with E-state index in [-0.39, 0.29) is 10.6 Å². The van der Waals surface area contributed by atoms with Crippen LogP contribution in [0.25, 0.3) is 0 Å². The average molecular weight is 280 g/mol. The highest BCUT2D eigenvalue weighted by molar-refractivity contribution is 7.90. The Morgan fingerprint density at radius 3 is 2.53 bits per heavy atom. The fourth-order valence-electron chi connectivity index (χ4n) is 1.61. The van der Waals surface area contributed by atoms with Gasteiger partial charge in [-0.1, -0.05) is 0 Å². The van der Waals surface area contributed by atoms with Gasteiger partial charge in [0.2, 0.25) is 0 Å². The Bertz CT molecular complexity index is 714. The highest BCUT2D eigenvalue weighted by Gasteiger charge is 2.11. The molecule has 0 saturated carbocycles. The predicted octanol–water partition coefficient (Wildman–Crippen LogP) is 2.68. The number of rotatable bonds is 3. The average Bonchev–Trinajstić information content (AvgIpc) is 2.30. The summed E-state index contributed by atoms with van der Waals surface area (Å²) in [5.41, 5.74) is 1.72. The Kier molecular flexibility index (Phi) is 3.53. The standard InChI is InChI=1S/C13H13FN2O2S/c1-9-7-10(5-6-15-9)16-13-4-3-11(8-12(13)14)19(2,17)18/h3-8H,1-2H3,(H,15,16). The van der Waals surface area contributed by atoms with Crippen LogP contribution in [0.3, 0.4) is 0 Å². The van der Waals surface area contributed by atoms with Gasteiger partial charge in [0, 0.05) is 23.8 Å². The van der Waals surface area contributed by atoms with Gasteiger partial charge in [0.05, 0.1) is 10.6 Å². The zero-order chi connectivity index (χ0) is 14.0. The van der Waals surface area contributed by atoms with Gasteiger partial charge in [0.15, 0.2) is 9.84 Å². The van der Waals surface area contributed by atoms with Crippen LogP contribution in [0, 0.1) is 12.7 Å². The van der Waals surface area contributed by atoms with Crippen molar-refractivity contribution in [1.29, 1.82) is 0 Å². The van der Waals surface area contributed by atoms with Crippen LogP contribution >= 0.6 is 0 Å². The van der Waals surface area contributed by atoms with E-state index in [9.17, 15) is 12.8 Å². The Hall–Kier alpha value is -1.95. The number of anilines is 2. The van der Waals surface area contributed by atoms with Gasteiger partial charge in [0.1, 0.15) is 5.82 Å². The van der Waals surface area contributed by atoms with E-state index in [4.69, 9.17) is 0 Å². The lowest BCUT2D eigenvalue weighted by Crippen LogP contribution is -2.00. The molecule has 100 valence electrons. The van der Waals surface area contributed by atoms with Gasteiger partial charge in [-0.25, -0.2) is 12.8 Å². The lowest BCUT2D eigenvalue weighted by atomic mass is 10.2. The van der Waals surface area contributed by atoms with E-state index in [1.807, 2.05) is 6.92 Å². The molecule has 2 aromatic rings. The van der Waals surface area contributed by atoms with Crippen molar-refractivity contribution in [2.75, 3.05) is 11.6 Å². The third-order valence-corrected chi connectivity index (χ3v) is 3.65. The van der Waals surface area contributed by atoms with Crippen molar-refractivity contribution in [3.8, 4) is 0 Å². The smallest absolute Gasteiger partial charge is 0.175 e. The number of benzene rings is 1. The summed E-state index contributed by atoms with van der Waals surface area (Å²) in [7, 11) is -3.40. The van der Waals surface area contributed by atoms with Crippen LogP contribution in [0.15, 0.2) is 41.4 Å². The molecule has 6 heteroatoms. The fraction of sp³-hybridized carbons (Fsp3) is 0.154. The summed E-state index contributed by atoms with van der Waals surface area (Å²) in [5, 5.41) is 2.88.